The Morgan fingerprint density at radius 1 is 1.37 bits per heavy atom. The lowest BCUT2D eigenvalue weighted by Crippen LogP contribution is -2.35. The highest BCUT2D eigenvalue weighted by atomic mass is 127. The van der Waals surface area contributed by atoms with E-state index in [9.17, 15) is 14.0 Å². The zero-order valence-corrected chi connectivity index (χ0v) is 19.6. The van der Waals surface area contributed by atoms with Crippen LogP contribution in [-0.4, -0.2) is 36.7 Å². The van der Waals surface area contributed by atoms with Gasteiger partial charge < -0.3 is 20.1 Å². The number of hydrogen-bond donors (Lipinski definition) is 2. The molecule has 9 heteroatoms. The van der Waals surface area contributed by atoms with E-state index in [0.717, 1.165) is 9.13 Å². The Hall–Kier alpha value is -1.56. The number of anilines is 2. The van der Waals surface area contributed by atoms with Crippen LogP contribution in [0.25, 0.3) is 0 Å². The summed E-state index contributed by atoms with van der Waals surface area (Å²) in [4.78, 5) is 26.1. The summed E-state index contributed by atoms with van der Waals surface area (Å²) in [7, 11) is 0. The van der Waals surface area contributed by atoms with Crippen molar-refractivity contribution in [2.45, 2.75) is 45.0 Å². The molecule has 0 saturated carbocycles. The lowest BCUT2D eigenvalue weighted by Gasteiger charge is -2.18. The van der Waals surface area contributed by atoms with Gasteiger partial charge in [0.25, 0.3) is 5.91 Å². The number of rotatable bonds is 5. The smallest absolute Gasteiger partial charge is 0.254 e. The number of thiophene rings is 1. The molecule has 4 rings (SSSR count). The topological polar surface area (TPSA) is 76.7 Å². The number of ketones is 1. The molecule has 1 amide bonds. The number of Topliss-reactive ketones (excluding diaryl/α,β-unsaturated/α-hetero) is 1. The third kappa shape index (κ3) is 4.53. The Morgan fingerprint density at radius 2 is 2.17 bits per heavy atom. The van der Waals surface area contributed by atoms with Crippen LogP contribution < -0.4 is 10.6 Å². The Balaban J connectivity index is 1.60. The standard InChI is InChI=1S/C21H22FIN2O4S/c1-21(2)28-10-12(29-21)9-24-19(27)17-13-4-3-5-16(26)18(13)30-20(17)25-15-7-6-11(23)8-14(15)22/h6-8,12,25H,3-5,9-10H2,1-2H3,(H,24,27)/t12-/m1/s1. The molecule has 1 fully saturated rings. The molecule has 1 saturated heterocycles. The van der Waals surface area contributed by atoms with E-state index in [0.29, 0.717) is 41.3 Å². The first-order chi connectivity index (χ1) is 14.2. The Kier molecular flexibility index (Phi) is 6.16. The van der Waals surface area contributed by atoms with Crippen molar-refractivity contribution in [3.8, 4) is 0 Å². The Morgan fingerprint density at radius 3 is 2.87 bits per heavy atom. The molecule has 1 aliphatic heterocycles. The minimum Gasteiger partial charge on any atom is -0.349 e. The first-order valence-electron chi connectivity index (χ1n) is 9.74. The third-order valence-corrected chi connectivity index (χ3v) is 6.91. The summed E-state index contributed by atoms with van der Waals surface area (Å²) in [5, 5.41) is 6.42. The molecule has 1 aliphatic carbocycles. The Labute approximate surface area is 191 Å². The van der Waals surface area contributed by atoms with Crippen molar-refractivity contribution in [1.29, 1.82) is 0 Å². The van der Waals surface area contributed by atoms with E-state index < -0.39 is 11.6 Å². The Bertz CT molecular complexity index is 1010. The van der Waals surface area contributed by atoms with Crippen LogP contribution in [0.1, 0.15) is 52.3 Å². The van der Waals surface area contributed by atoms with Gasteiger partial charge in [0.15, 0.2) is 11.6 Å². The van der Waals surface area contributed by atoms with Crippen molar-refractivity contribution < 1.29 is 23.5 Å². The fourth-order valence-corrected chi connectivity index (χ4v) is 5.35. The van der Waals surface area contributed by atoms with Crippen molar-refractivity contribution in [2.24, 2.45) is 0 Å². The van der Waals surface area contributed by atoms with Gasteiger partial charge in [-0.3, -0.25) is 9.59 Å². The van der Waals surface area contributed by atoms with Crippen LogP contribution in [0.5, 0.6) is 0 Å². The lowest BCUT2D eigenvalue weighted by molar-refractivity contribution is -0.137. The second kappa shape index (κ2) is 8.52. The lowest BCUT2D eigenvalue weighted by atomic mass is 9.94. The number of amides is 1. The number of nitrogens with one attached hydrogen (secondary N) is 2. The summed E-state index contributed by atoms with van der Waals surface area (Å²) in [5.74, 6) is -1.35. The van der Waals surface area contributed by atoms with E-state index in [1.165, 1.54) is 17.4 Å². The molecule has 2 N–H and O–H groups in total. The van der Waals surface area contributed by atoms with Gasteiger partial charge in [0.05, 0.1) is 22.7 Å². The highest BCUT2D eigenvalue weighted by Crippen LogP contribution is 2.40. The van der Waals surface area contributed by atoms with Crippen LogP contribution in [-0.2, 0) is 15.9 Å². The van der Waals surface area contributed by atoms with E-state index in [1.807, 2.05) is 36.4 Å². The van der Waals surface area contributed by atoms with E-state index in [-0.39, 0.29) is 30.0 Å². The maximum absolute atomic E-state index is 14.4. The predicted octanol–water partition coefficient (Wildman–Crippen LogP) is 4.64. The van der Waals surface area contributed by atoms with E-state index in [2.05, 4.69) is 10.6 Å². The number of carbonyl (C=O) groups is 2. The average Bonchev–Trinajstić information content (AvgIpc) is 3.22. The van der Waals surface area contributed by atoms with Gasteiger partial charge in [-0.1, -0.05) is 0 Å². The highest BCUT2D eigenvalue weighted by molar-refractivity contribution is 14.1. The highest BCUT2D eigenvalue weighted by Gasteiger charge is 2.34. The fourth-order valence-electron chi connectivity index (χ4n) is 3.67. The zero-order chi connectivity index (χ0) is 21.5. The van der Waals surface area contributed by atoms with Gasteiger partial charge in [-0.05, 0) is 73.0 Å². The monoisotopic (exact) mass is 544 g/mol. The quantitative estimate of drug-likeness (QED) is 0.537. The molecule has 2 aromatic rings. The molecule has 6 nitrogen and oxygen atoms in total. The number of carbonyl (C=O) groups excluding carboxylic acids is 2. The van der Waals surface area contributed by atoms with Gasteiger partial charge in [0, 0.05) is 16.5 Å². The summed E-state index contributed by atoms with van der Waals surface area (Å²) in [6.45, 7) is 4.34. The summed E-state index contributed by atoms with van der Waals surface area (Å²) in [6, 6.07) is 4.83. The molecule has 0 bridgehead atoms. The summed E-state index contributed by atoms with van der Waals surface area (Å²) in [5.41, 5.74) is 1.43. The summed E-state index contributed by atoms with van der Waals surface area (Å²) < 4.78 is 26.4. The van der Waals surface area contributed by atoms with E-state index in [4.69, 9.17) is 9.47 Å². The van der Waals surface area contributed by atoms with Gasteiger partial charge in [-0.25, -0.2) is 4.39 Å². The normalized spacial score (nSPS) is 20.1. The molecule has 160 valence electrons. The fraction of sp³-hybridized carbons (Fsp3) is 0.429. The van der Waals surface area contributed by atoms with Crippen LogP contribution in [0.2, 0.25) is 0 Å². The average molecular weight is 544 g/mol. The number of benzene rings is 1. The maximum Gasteiger partial charge on any atom is 0.254 e. The molecule has 0 spiro atoms. The molecule has 1 aromatic heterocycles. The van der Waals surface area contributed by atoms with Gasteiger partial charge in [-0.2, -0.15) is 0 Å². The number of ether oxygens (including phenoxy) is 2. The SMILES string of the molecule is CC1(C)OC[C@@H](CNC(=O)c2c(Nc3ccc(I)cc3F)sc3c2CCCC3=O)O1. The van der Waals surface area contributed by atoms with Crippen molar-refractivity contribution in [3.63, 3.8) is 0 Å². The van der Waals surface area contributed by atoms with Crippen LogP contribution in [0.15, 0.2) is 18.2 Å². The van der Waals surface area contributed by atoms with Crippen molar-refractivity contribution in [3.05, 3.63) is 43.6 Å². The van der Waals surface area contributed by atoms with Crippen LogP contribution in [0, 0.1) is 9.39 Å². The van der Waals surface area contributed by atoms with Gasteiger partial charge in [-0.15, -0.1) is 11.3 Å². The molecule has 0 unspecified atom stereocenters. The first kappa shape index (κ1) is 21.7. The second-order valence-electron chi connectivity index (χ2n) is 7.80. The molecule has 30 heavy (non-hydrogen) atoms. The number of halogens is 2. The molecule has 1 atom stereocenters. The molecule has 2 aliphatic rings. The molecule has 2 heterocycles. The predicted molar refractivity (Wildman–Crippen MR) is 121 cm³/mol. The second-order valence-corrected chi connectivity index (χ2v) is 10.1. The third-order valence-electron chi connectivity index (χ3n) is 5.05. The molecule has 1 aromatic carbocycles. The number of fused-ring (bicyclic) bond motifs is 1. The van der Waals surface area contributed by atoms with E-state index in [1.54, 1.807) is 12.1 Å². The van der Waals surface area contributed by atoms with Crippen molar-refractivity contribution in [1.82, 2.24) is 5.32 Å². The van der Waals surface area contributed by atoms with Crippen LogP contribution in [0.4, 0.5) is 15.1 Å². The number of hydrogen-bond acceptors (Lipinski definition) is 6. The zero-order valence-electron chi connectivity index (χ0n) is 16.6. The van der Waals surface area contributed by atoms with Crippen LogP contribution >= 0.6 is 33.9 Å². The van der Waals surface area contributed by atoms with Gasteiger partial charge in [0.1, 0.15) is 16.9 Å². The molecular weight excluding hydrogens is 522 g/mol. The summed E-state index contributed by atoms with van der Waals surface area (Å²) >= 11 is 3.26. The molecule has 0 radical (unpaired) electrons. The van der Waals surface area contributed by atoms with Gasteiger partial charge in [0.2, 0.25) is 0 Å². The van der Waals surface area contributed by atoms with Crippen LogP contribution in [0.3, 0.4) is 0 Å². The minimum absolute atomic E-state index is 0.0284. The minimum atomic E-state index is -0.668. The largest absolute Gasteiger partial charge is 0.349 e. The van der Waals surface area contributed by atoms with Gasteiger partial charge >= 0.3 is 0 Å². The first-order valence-corrected chi connectivity index (χ1v) is 11.6. The van der Waals surface area contributed by atoms with E-state index >= 15 is 0 Å². The molecular formula is C21H22FIN2O4S. The van der Waals surface area contributed by atoms with Crippen molar-refractivity contribution >= 4 is 56.3 Å². The maximum atomic E-state index is 14.4. The summed E-state index contributed by atoms with van der Waals surface area (Å²) in [6.07, 6.45) is 1.57. The van der Waals surface area contributed by atoms with Crippen molar-refractivity contribution in [2.75, 3.05) is 18.5 Å².